The molecule has 2 N–H and O–H groups in total. The van der Waals surface area contributed by atoms with Gasteiger partial charge in [0.25, 0.3) is 5.91 Å². The molecule has 3 aromatic rings. The van der Waals surface area contributed by atoms with E-state index in [-0.39, 0.29) is 11.7 Å². The molecular weight excluding hydrogens is 499 g/mol. The minimum absolute atomic E-state index is 0.0958. The summed E-state index contributed by atoms with van der Waals surface area (Å²) in [6.07, 6.45) is -1.37. The van der Waals surface area contributed by atoms with Gasteiger partial charge in [-0.2, -0.15) is 13.2 Å². The first-order valence-corrected chi connectivity index (χ1v) is 12.4. The molecule has 2 aliphatic rings. The monoisotopic (exact) mass is 527 g/mol. The number of anilines is 2. The molecule has 0 spiro atoms. The van der Waals surface area contributed by atoms with Crippen LogP contribution < -0.4 is 15.5 Å². The maximum absolute atomic E-state index is 13.1. The zero-order valence-corrected chi connectivity index (χ0v) is 20.8. The van der Waals surface area contributed by atoms with Crippen molar-refractivity contribution in [1.82, 2.24) is 25.2 Å². The SMILES string of the molecule is Cc1cc(-c2cncc(NC(=O)c3cccc(C(F)(F)F)c3)c2)nc(N2CCNCC2N2CCOCC2)n1. The Hall–Kier alpha value is -3.61. The van der Waals surface area contributed by atoms with Gasteiger partial charge in [0.1, 0.15) is 0 Å². The van der Waals surface area contributed by atoms with Gasteiger partial charge in [0.2, 0.25) is 5.95 Å². The molecule has 2 saturated heterocycles. The number of pyridine rings is 1. The fourth-order valence-corrected chi connectivity index (χ4v) is 4.64. The molecule has 2 aromatic heterocycles. The second-order valence-corrected chi connectivity index (χ2v) is 9.22. The van der Waals surface area contributed by atoms with Crippen LogP contribution in [0.3, 0.4) is 0 Å². The summed E-state index contributed by atoms with van der Waals surface area (Å²) in [7, 11) is 0. The molecule has 1 aromatic carbocycles. The largest absolute Gasteiger partial charge is 0.416 e. The molecule has 9 nitrogen and oxygen atoms in total. The summed E-state index contributed by atoms with van der Waals surface area (Å²) in [5.74, 6) is -0.0554. The van der Waals surface area contributed by atoms with E-state index in [1.54, 1.807) is 12.3 Å². The fraction of sp³-hybridized carbons (Fsp3) is 0.385. The molecule has 38 heavy (non-hydrogen) atoms. The fourth-order valence-electron chi connectivity index (χ4n) is 4.64. The Morgan fingerprint density at radius 2 is 1.92 bits per heavy atom. The average Bonchev–Trinajstić information content (AvgIpc) is 2.93. The number of aryl methyl sites for hydroxylation is 1. The number of aromatic nitrogens is 3. The lowest BCUT2D eigenvalue weighted by atomic mass is 10.1. The Bertz CT molecular complexity index is 1300. The summed E-state index contributed by atoms with van der Waals surface area (Å²) in [6.45, 7) is 7.28. The number of hydrogen-bond donors (Lipinski definition) is 2. The zero-order valence-electron chi connectivity index (χ0n) is 20.8. The van der Waals surface area contributed by atoms with E-state index in [4.69, 9.17) is 14.7 Å². The zero-order chi connectivity index (χ0) is 26.7. The van der Waals surface area contributed by atoms with Gasteiger partial charge in [-0.05, 0) is 37.3 Å². The van der Waals surface area contributed by atoms with Crippen LogP contribution >= 0.6 is 0 Å². The smallest absolute Gasteiger partial charge is 0.379 e. The van der Waals surface area contributed by atoms with Crippen molar-refractivity contribution in [2.24, 2.45) is 0 Å². The highest BCUT2D eigenvalue weighted by Crippen LogP contribution is 2.30. The molecule has 200 valence electrons. The van der Waals surface area contributed by atoms with E-state index in [1.807, 2.05) is 13.0 Å². The number of carbonyl (C=O) groups is 1. The molecule has 4 heterocycles. The molecule has 1 unspecified atom stereocenters. The highest BCUT2D eigenvalue weighted by atomic mass is 19.4. The van der Waals surface area contributed by atoms with Gasteiger partial charge >= 0.3 is 6.18 Å². The van der Waals surface area contributed by atoms with Gasteiger partial charge in [-0.15, -0.1) is 0 Å². The Morgan fingerprint density at radius 1 is 1.11 bits per heavy atom. The number of hydrogen-bond acceptors (Lipinski definition) is 8. The summed E-state index contributed by atoms with van der Waals surface area (Å²) in [5.41, 5.74) is 1.42. The Labute approximate surface area is 218 Å². The Kier molecular flexibility index (Phi) is 7.54. The lowest BCUT2D eigenvalue weighted by Gasteiger charge is -2.44. The summed E-state index contributed by atoms with van der Waals surface area (Å²) in [4.78, 5) is 31.0. The van der Waals surface area contributed by atoms with Crippen LogP contribution in [0.2, 0.25) is 0 Å². The van der Waals surface area contributed by atoms with Crippen molar-refractivity contribution in [3.63, 3.8) is 0 Å². The Morgan fingerprint density at radius 3 is 2.71 bits per heavy atom. The molecule has 1 atom stereocenters. The van der Waals surface area contributed by atoms with Crippen LogP contribution in [0.5, 0.6) is 0 Å². The highest BCUT2D eigenvalue weighted by molar-refractivity contribution is 6.04. The van der Waals surface area contributed by atoms with Crippen LogP contribution in [0.15, 0.2) is 48.8 Å². The maximum atomic E-state index is 13.1. The van der Waals surface area contributed by atoms with Crippen LogP contribution in [0.25, 0.3) is 11.3 Å². The van der Waals surface area contributed by atoms with Crippen molar-refractivity contribution in [2.75, 3.05) is 56.2 Å². The summed E-state index contributed by atoms with van der Waals surface area (Å²) < 4.78 is 44.7. The lowest BCUT2D eigenvalue weighted by Crippen LogP contribution is -2.61. The van der Waals surface area contributed by atoms with Crippen LogP contribution in [0.1, 0.15) is 21.6 Å². The molecule has 0 aliphatic carbocycles. The van der Waals surface area contributed by atoms with E-state index >= 15 is 0 Å². The summed E-state index contributed by atoms with van der Waals surface area (Å²) in [6, 6.07) is 7.82. The minimum Gasteiger partial charge on any atom is -0.379 e. The Balaban J connectivity index is 1.38. The number of alkyl halides is 3. The van der Waals surface area contributed by atoms with Crippen molar-refractivity contribution in [3.8, 4) is 11.3 Å². The number of benzene rings is 1. The van der Waals surface area contributed by atoms with Crippen LogP contribution in [-0.2, 0) is 10.9 Å². The molecule has 0 saturated carbocycles. The first-order valence-electron chi connectivity index (χ1n) is 12.4. The predicted molar refractivity (Wildman–Crippen MR) is 136 cm³/mol. The second-order valence-electron chi connectivity index (χ2n) is 9.22. The van der Waals surface area contributed by atoms with Crippen LogP contribution in [-0.4, -0.2) is 77.9 Å². The summed E-state index contributed by atoms with van der Waals surface area (Å²) >= 11 is 0. The number of morpholine rings is 1. The molecule has 1 amide bonds. The molecule has 0 bridgehead atoms. The number of amides is 1. The predicted octanol–water partition coefficient (Wildman–Crippen LogP) is 3.19. The van der Waals surface area contributed by atoms with E-state index in [0.717, 1.165) is 50.6 Å². The highest BCUT2D eigenvalue weighted by Gasteiger charge is 2.32. The van der Waals surface area contributed by atoms with E-state index in [9.17, 15) is 18.0 Å². The van der Waals surface area contributed by atoms with Gasteiger partial charge in [0.05, 0.1) is 42.5 Å². The van der Waals surface area contributed by atoms with Crippen molar-refractivity contribution in [2.45, 2.75) is 19.3 Å². The quantitative estimate of drug-likeness (QED) is 0.523. The van der Waals surface area contributed by atoms with Crippen molar-refractivity contribution in [3.05, 3.63) is 65.6 Å². The number of rotatable bonds is 5. The standard InChI is InChI=1S/C26H28F3N7O2/c1-17-11-22(34-25(32-17)36-6-5-30-16-23(36)35-7-9-38-10-8-35)19-13-21(15-31-14-19)33-24(37)18-3-2-4-20(12-18)26(27,28)29/h2-4,11-15,23,30H,5-10,16H2,1H3,(H,33,37). The van der Waals surface area contributed by atoms with Gasteiger partial charge in [-0.3, -0.25) is 14.7 Å². The van der Waals surface area contributed by atoms with Gasteiger partial charge in [-0.1, -0.05) is 6.07 Å². The van der Waals surface area contributed by atoms with Gasteiger partial charge in [0, 0.05) is 55.7 Å². The van der Waals surface area contributed by atoms with E-state index in [1.165, 1.54) is 18.3 Å². The van der Waals surface area contributed by atoms with E-state index < -0.39 is 17.6 Å². The molecule has 2 aliphatic heterocycles. The van der Waals surface area contributed by atoms with E-state index in [2.05, 4.69) is 25.4 Å². The second kappa shape index (κ2) is 11.0. The van der Waals surface area contributed by atoms with E-state index in [0.29, 0.717) is 36.1 Å². The maximum Gasteiger partial charge on any atom is 0.416 e. The number of nitrogens with one attached hydrogen (secondary N) is 2. The minimum atomic E-state index is -4.54. The molecule has 2 fully saturated rings. The normalized spacial score (nSPS) is 18.8. The lowest BCUT2D eigenvalue weighted by molar-refractivity contribution is -0.137. The molecule has 0 radical (unpaired) electrons. The topological polar surface area (TPSA) is 95.5 Å². The first kappa shape index (κ1) is 26.0. The van der Waals surface area contributed by atoms with Gasteiger partial charge in [0.15, 0.2) is 0 Å². The number of carbonyl (C=O) groups excluding carboxylic acids is 1. The number of ether oxygens (including phenoxy) is 1. The average molecular weight is 528 g/mol. The van der Waals surface area contributed by atoms with Gasteiger partial charge < -0.3 is 20.3 Å². The summed E-state index contributed by atoms with van der Waals surface area (Å²) in [5, 5.41) is 6.09. The number of halogens is 3. The third kappa shape index (κ3) is 5.93. The number of piperazine rings is 1. The van der Waals surface area contributed by atoms with Crippen LogP contribution in [0, 0.1) is 6.92 Å². The van der Waals surface area contributed by atoms with Crippen LogP contribution in [0.4, 0.5) is 24.8 Å². The first-order chi connectivity index (χ1) is 18.3. The number of nitrogens with zero attached hydrogens (tertiary/aromatic N) is 5. The van der Waals surface area contributed by atoms with Crippen molar-refractivity contribution in [1.29, 1.82) is 0 Å². The molecule has 12 heteroatoms. The van der Waals surface area contributed by atoms with Crippen molar-refractivity contribution >= 4 is 17.5 Å². The molecular formula is C26H28F3N7O2. The molecule has 5 rings (SSSR count). The third-order valence-electron chi connectivity index (χ3n) is 6.53. The van der Waals surface area contributed by atoms with Crippen molar-refractivity contribution < 1.29 is 22.7 Å². The van der Waals surface area contributed by atoms with Gasteiger partial charge in [-0.25, -0.2) is 9.97 Å². The third-order valence-corrected chi connectivity index (χ3v) is 6.53.